The molecule has 0 aliphatic carbocycles. The normalized spacial score (nSPS) is 13.7. The molecule has 0 saturated carbocycles. The molecule has 1 aromatic heterocycles. The quantitative estimate of drug-likeness (QED) is 0.486. The molecule has 140 valence electrons. The zero-order valence-electron chi connectivity index (χ0n) is 14.2. The van der Waals surface area contributed by atoms with Gasteiger partial charge in [0.25, 0.3) is 0 Å². The Hall–Kier alpha value is -2.78. The standard InChI is InChI=1S/C18H17N3O4S2/c22-15(19-7-3-6-16(23)24)10-21-17(25)14(27-18(21)26)8-11-9-20-13-5-2-1-4-12(11)13/h1-2,4-5,8-9,25H,3,6-7,10H2,(H,19,22)(H,23,24)/b11-8+. The number of hydrogen-bond donors (Lipinski definition) is 3. The van der Waals surface area contributed by atoms with Gasteiger partial charge in [0.2, 0.25) is 11.8 Å². The van der Waals surface area contributed by atoms with Gasteiger partial charge in [0.15, 0.2) is 3.95 Å². The highest BCUT2D eigenvalue weighted by atomic mass is 32.1. The van der Waals surface area contributed by atoms with Crippen LogP contribution >= 0.6 is 23.6 Å². The summed E-state index contributed by atoms with van der Waals surface area (Å²) >= 11 is 6.48. The second-order valence-corrected chi connectivity index (χ2v) is 7.54. The number of carbonyl (C=O) groups is 2. The third-order valence-corrected chi connectivity index (χ3v) is 5.32. The highest BCUT2D eigenvalue weighted by Gasteiger charge is 2.16. The van der Waals surface area contributed by atoms with Crippen LogP contribution in [0.5, 0.6) is 5.88 Å². The lowest BCUT2D eigenvalue weighted by Crippen LogP contribution is -2.28. The van der Waals surface area contributed by atoms with Crippen molar-refractivity contribution in [2.75, 3.05) is 6.54 Å². The fraction of sp³-hybridized carbons (Fsp3) is 0.222. The fourth-order valence-corrected chi connectivity index (χ4v) is 3.87. The van der Waals surface area contributed by atoms with Crippen LogP contribution in [-0.4, -0.2) is 39.4 Å². The average Bonchev–Trinajstić information content (AvgIpc) is 3.15. The number of benzene rings is 1. The first-order valence-corrected chi connectivity index (χ1v) is 9.44. The Morgan fingerprint density at radius 2 is 2.11 bits per heavy atom. The first kappa shape index (κ1) is 19.0. The Balaban J connectivity index is 1.72. The van der Waals surface area contributed by atoms with Gasteiger partial charge in [-0.1, -0.05) is 18.2 Å². The number of hydrogen-bond acceptors (Lipinski definition) is 6. The lowest BCUT2D eigenvalue weighted by molar-refractivity contribution is -0.137. The molecule has 0 fully saturated rings. The number of para-hydroxylation sites is 1. The summed E-state index contributed by atoms with van der Waals surface area (Å²) in [7, 11) is 0. The van der Waals surface area contributed by atoms with Crippen LogP contribution in [0.1, 0.15) is 23.3 Å². The van der Waals surface area contributed by atoms with Crippen molar-refractivity contribution in [3.8, 4) is 5.88 Å². The van der Waals surface area contributed by atoms with Crippen LogP contribution in [0.3, 0.4) is 0 Å². The first-order valence-electron chi connectivity index (χ1n) is 8.22. The number of carbonyl (C=O) groups excluding carboxylic acids is 1. The van der Waals surface area contributed by atoms with Gasteiger partial charge < -0.3 is 15.5 Å². The minimum absolute atomic E-state index is 0.00976. The monoisotopic (exact) mass is 403 g/mol. The minimum Gasteiger partial charge on any atom is -0.493 e. The molecule has 1 aliphatic heterocycles. The molecule has 0 unspecified atom stereocenters. The zero-order valence-corrected chi connectivity index (χ0v) is 15.8. The predicted molar refractivity (Wildman–Crippen MR) is 107 cm³/mol. The third kappa shape index (κ3) is 4.50. The molecule has 1 aliphatic rings. The fourth-order valence-electron chi connectivity index (χ4n) is 2.61. The summed E-state index contributed by atoms with van der Waals surface area (Å²) in [5.74, 6) is -1.32. The molecule has 0 radical (unpaired) electrons. The van der Waals surface area contributed by atoms with E-state index in [1.54, 1.807) is 12.3 Å². The smallest absolute Gasteiger partial charge is 0.303 e. The molecule has 27 heavy (non-hydrogen) atoms. The van der Waals surface area contributed by atoms with Crippen LogP contribution in [0.25, 0.3) is 11.6 Å². The van der Waals surface area contributed by atoms with Crippen molar-refractivity contribution >= 4 is 59.0 Å². The van der Waals surface area contributed by atoms with Gasteiger partial charge in [0, 0.05) is 30.3 Å². The Morgan fingerprint density at radius 3 is 2.89 bits per heavy atom. The molecule has 3 rings (SSSR count). The van der Waals surface area contributed by atoms with Gasteiger partial charge in [0.1, 0.15) is 6.54 Å². The van der Waals surface area contributed by atoms with Crippen molar-refractivity contribution in [3.05, 3.63) is 38.7 Å². The largest absolute Gasteiger partial charge is 0.493 e. The minimum atomic E-state index is -0.906. The molecule has 2 heterocycles. The van der Waals surface area contributed by atoms with Gasteiger partial charge in [-0.05, 0) is 30.8 Å². The van der Waals surface area contributed by atoms with E-state index in [0.29, 0.717) is 15.3 Å². The molecule has 1 aromatic carbocycles. The predicted octanol–water partition coefficient (Wildman–Crippen LogP) is 3.22. The number of rotatable bonds is 7. The number of aromatic nitrogens is 1. The van der Waals surface area contributed by atoms with Gasteiger partial charge >= 0.3 is 5.97 Å². The van der Waals surface area contributed by atoms with Crippen LogP contribution in [0.4, 0.5) is 5.69 Å². The Kier molecular flexibility index (Phi) is 5.82. The molecule has 7 nitrogen and oxygen atoms in total. The topological polar surface area (TPSA) is 104 Å². The number of aromatic hydroxyl groups is 1. The zero-order chi connectivity index (χ0) is 19.4. The van der Waals surface area contributed by atoms with Gasteiger partial charge in [0.05, 0.1) is 10.6 Å². The van der Waals surface area contributed by atoms with E-state index in [1.165, 1.54) is 15.9 Å². The second kappa shape index (κ2) is 8.28. The van der Waals surface area contributed by atoms with Crippen LogP contribution < -0.4 is 5.32 Å². The maximum Gasteiger partial charge on any atom is 0.303 e. The van der Waals surface area contributed by atoms with Gasteiger partial charge in [-0.25, -0.2) is 0 Å². The van der Waals surface area contributed by atoms with Crippen LogP contribution in [0.2, 0.25) is 0 Å². The third-order valence-electron chi connectivity index (χ3n) is 3.93. The lowest BCUT2D eigenvalue weighted by atomic mass is 10.1. The van der Waals surface area contributed by atoms with E-state index in [0.717, 1.165) is 16.8 Å². The maximum absolute atomic E-state index is 12.0. The summed E-state index contributed by atoms with van der Waals surface area (Å²) in [5, 5.41) is 21.7. The number of fused-ring (bicyclic) bond motifs is 1. The summed E-state index contributed by atoms with van der Waals surface area (Å²) in [4.78, 5) is 27.4. The van der Waals surface area contributed by atoms with Gasteiger partial charge in [-0.2, -0.15) is 0 Å². The van der Waals surface area contributed by atoms with E-state index in [4.69, 9.17) is 17.3 Å². The van der Waals surface area contributed by atoms with E-state index < -0.39 is 5.97 Å². The number of nitrogens with zero attached hydrogens (tertiary/aromatic N) is 2. The molecular formula is C18H17N3O4S2. The number of carboxylic acids is 1. The molecule has 9 heteroatoms. The summed E-state index contributed by atoms with van der Waals surface area (Å²) in [6.07, 6.45) is 3.86. The van der Waals surface area contributed by atoms with E-state index in [1.807, 2.05) is 24.3 Å². The maximum atomic E-state index is 12.0. The highest BCUT2D eigenvalue weighted by Crippen LogP contribution is 2.35. The number of amides is 1. The molecule has 3 N–H and O–H groups in total. The Morgan fingerprint density at radius 1 is 1.33 bits per heavy atom. The Bertz CT molecular complexity index is 1000. The number of nitrogens with one attached hydrogen (secondary N) is 1. The van der Waals surface area contributed by atoms with Crippen molar-refractivity contribution in [3.63, 3.8) is 0 Å². The molecule has 1 amide bonds. The highest BCUT2D eigenvalue weighted by molar-refractivity contribution is 7.73. The molecule has 0 bridgehead atoms. The van der Waals surface area contributed by atoms with Gasteiger partial charge in [-0.15, -0.1) is 11.3 Å². The first-order chi connectivity index (χ1) is 13.0. The van der Waals surface area contributed by atoms with Crippen molar-refractivity contribution in [2.45, 2.75) is 19.4 Å². The van der Waals surface area contributed by atoms with Crippen molar-refractivity contribution in [1.82, 2.24) is 9.88 Å². The van der Waals surface area contributed by atoms with E-state index in [-0.39, 0.29) is 31.3 Å². The molecular weight excluding hydrogens is 386 g/mol. The number of carboxylic acid groups (broad SMARTS) is 1. The molecule has 0 spiro atoms. The number of aliphatic imine (C=N–C) groups is 1. The Labute approximate surface area is 164 Å². The lowest BCUT2D eigenvalue weighted by Gasteiger charge is -2.06. The van der Waals surface area contributed by atoms with Crippen LogP contribution in [0.15, 0.2) is 29.3 Å². The second-order valence-electron chi connectivity index (χ2n) is 5.86. The summed E-state index contributed by atoms with van der Waals surface area (Å²) in [5.41, 5.74) is 2.70. The number of allylic oxidation sites excluding steroid dienone is 1. The summed E-state index contributed by atoms with van der Waals surface area (Å²) in [6.45, 7) is 0.135. The van der Waals surface area contributed by atoms with E-state index in [2.05, 4.69) is 10.3 Å². The van der Waals surface area contributed by atoms with Gasteiger partial charge in [-0.3, -0.25) is 19.1 Å². The summed E-state index contributed by atoms with van der Waals surface area (Å²) < 4.78 is 1.74. The van der Waals surface area contributed by atoms with Crippen molar-refractivity contribution in [1.29, 1.82) is 0 Å². The number of aliphatic carboxylic acids is 1. The molecule has 0 saturated heterocycles. The van der Waals surface area contributed by atoms with Crippen molar-refractivity contribution in [2.24, 2.45) is 4.99 Å². The summed E-state index contributed by atoms with van der Waals surface area (Å²) in [6, 6.07) is 7.69. The van der Waals surface area contributed by atoms with E-state index in [9.17, 15) is 14.7 Å². The SMILES string of the molecule is O=C(O)CCCNC(=O)Cn1c(O)c(/C=C2\C=Nc3ccccc32)sc1=S. The van der Waals surface area contributed by atoms with Crippen LogP contribution in [-0.2, 0) is 16.1 Å². The average molecular weight is 403 g/mol. The van der Waals surface area contributed by atoms with Crippen molar-refractivity contribution < 1.29 is 19.8 Å². The van der Waals surface area contributed by atoms with Crippen LogP contribution in [0, 0.1) is 3.95 Å². The van der Waals surface area contributed by atoms with E-state index >= 15 is 0 Å². The molecule has 0 atom stereocenters. The molecule has 2 aromatic rings. The number of thiazole rings is 1.